The highest BCUT2D eigenvalue weighted by Gasteiger charge is 2.37. The molecule has 208 valence electrons. The second-order valence-corrected chi connectivity index (χ2v) is 12.0. The Morgan fingerprint density at radius 2 is 1.79 bits per heavy atom. The predicted octanol–water partition coefficient (Wildman–Crippen LogP) is 10.6. The van der Waals surface area contributed by atoms with E-state index in [4.69, 9.17) is 32.9 Å². The van der Waals surface area contributed by atoms with Gasteiger partial charge in [0.05, 0.1) is 11.7 Å². The van der Waals surface area contributed by atoms with Crippen molar-refractivity contribution in [3.05, 3.63) is 147 Å². The summed E-state index contributed by atoms with van der Waals surface area (Å²) in [6, 6.07) is 33.4. The number of aryl methyl sites for hydroxylation is 1. The highest BCUT2D eigenvalue weighted by molar-refractivity contribution is 6.35. The van der Waals surface area contributed by atoms with Crippen molar-refractivity contribution in [3.8, 4) is 5.75 Å². The van der Waals surface area contributed by atoms with Crippen LogP contribution in [0.5, 0.6) is 5.75 Å². The first-order chi connectivity index (χ1) is 20.5. The van der Waals surface area contributed by atoms with E-state index in [1.54, 1.807) is 6.07 Å². The molecule has 7 rings (SSSR count). The fourth-order valence-corrected chi connectivity index (χ4v) is 6.74. The predicted molar refractivity (Wildman–Crippen MR) is 176 cm³/mol. The number of nitrogens with zero attached hydrogens (tertiary/aromatic N) is 1. The Labute approximate surface area is 256 Å². The zero-order valence-corrected chi connectivity index (χ0v) is 24.7. The molecule has 5 heteroatoms. The zero-order valence-electron chi connectivity index (χ0n) is 23.2. The highest BCUT2D eigenvalue weighted by atomic mass is 35.5. The quantitative estimate of drug-likeness (QED) is 0.158. The van der Waals surface area contributed by atoms with Crippen molar-refractivity contribution >= 4 is 51.6 Å². The largest absolute Gasteiger partial charge is 0.488 e. The second kappa shape index (κ2) is 11.3. The van der Waals surface area contributed by atoms with Crippen molar-refractivity contribution in [2.24, 2.45) is 10.9 Å². The van der Waals surface area contributed by atoms with Gasteiger partial charge in [-0.2, -0.15) is 0 Å². The van der Waals surface area contributed by atoms with E-state index in [9.17, 15) is 0 Å². The molecule has 3 atom stereocenters. The van der Waals surface area contributed by atoms with Crippen LogP contribution in [-0.2, 0) is 6.61 Å². The maximum atomic E-state index is 6.40. The topological polar surface area (TPSA) is 33.6 Å². The summed E-state index contributed by atoms with van der Waals surface area (Å²) >= 11 is 12.5. The van der Waals surface area contributed by atoms with Crippen LogP contribution in [-0.4, -0.2) is 6.21 Å². The third-order valence-corrected chi connectivity index (χ3v) is 9.03. The minimum Gasteiger partial charge on any atom is -0.488 e. The average Bonchev–Trinajstić information content (AvgIpc) is 3.50. The van der Waals surface area contributed by atoms with Gasteiger partial charge in [-0.15, -0.1) is 0 Å². The van der Waals surface area contributed by atoms with E-state index in [-0.39, 0.29) is 6.04 Å². The molecule has 1 heterocycles. The molecular weight excluding hydrogens is 559 g/mol. The lowest BCUT2D eigenvalue weighted by atomic mass is 9.76. The molecule has 42 heavy (non-hydrogen) atoms. The Bertz CT molecular complexity index is 1840. The van der Waals surface area contributed by atoms with Gasteiger partial charge in [-0.1, -0.05) is 102 Å². The van der Waals surface area contributed by atoms with Gasteiger partial charge in [-0.3, -0.25) is 4.99 Å². The van der Waals surface area contributed by atoms with Crippen molar-refractivity contribution in [1.29, 1.82) is 0 Å². The van der Waals surface area contributed by atoms with Gasteiger partial charge in [0, 0.05) is 39.0 Å². The van der Waals surface area contributed by atoms with Crippen LogP contribution in [0, 0.1) is 12.8 Å². The van der Waals surface area contributed by atoms with Crippen LogP contribution in [0.4, 0.5) is 11.4 Å². The van der Waals surface area contributed by atoms with E-state index < -0.39 is 0 Å². The monoisotopic (exact) mass is 588 g/mol. The molecule has 2 aliphatic rings. The number of fused-ring (bicyclic) bond motifs is 4. The Morgan fingerprint density at radius 1 is 0.929 bits per heavy atom. The summed E-state index contributed by atoms with van der Waals surface area (Å²) in [6.45, 7) is 2.50. The number of hydrogen-bond donors (Lipinski definition) is 1. The van der Waals surface area contributed by atoms with Crippen molar-refractivity contribution in [2.75, 3.05) is 5.32 Å². The number of nitrogens with one attached hydrogen (secondary N) is 1. The van der Waals surface area contributed by atoms with Gasteiger partial charge >= 0.3 is 0 Å². The number of allylic oxidation sites excluding steroid dienone is 2. The number of benzene rings is 5. The first-order valence-corrected chi connectivity index (χ1v) is 15.1. The van der Waals surface area contributed by atoms with Crippen LogP contribution in [0.3, 0.4) is 0 Å². The van der Waals surface area contributed by atoms with Gasteiger partial charge in [-0.25, -0.2) is 0 Å². The summed E-state index contributed by atoms with van der Waals surface area (Å²) in [4.78, 5) is 4.89. The number of halogens is 2. The van der Waals surface area contributed by atoms with E-state index in [1.807, 2.05) is 36.5 Å². The number of aliphatic imine (C=N–C) groups is 1. The maximum Gasteiger partial charge on any atom is 0.129 e. The summed E-state index contributed by atoms with van der Waals surface area (Å²) in [5.74, 6) is 1.72. The zero-order chi connectivity index (χ0) is 28.6. The van der Waals surface area contributed by atoms with Gasteiger partial charge in [0.15, 0.2) is 0 Å². The Morgan fingerprint density at radius 3 is 2.64 bits per heavy atom. The molecule has 0 amide bonds. The fourth-order valence-electron chi connectivity index (χ4n) is 6.28. The molecule has 0 spiro atoms. The molecule has 1 N–H and O–H groups in total. The van der Waals surface area contributed by atoms with Gasteiger partial charge in [0.1, 0.15) is 12.4 Å². The van der Waals surface area contributed by atoms with Gasteiger partial charge in [-0.05, 0) is 77.6 Å². The lowest BCUT2D eigenvalue weighted by Gasteiger charge is -2.37. The van der Waals surface area contributed by atoms with E-state index >= 15 is 0 Å². The molecule has 0 fully saturated rings. The van der Waals surface area contributed by atoms with Crippen molar-refractivity contribution < 1.29 is 4.74 Å². The molecule has 0 radical (unpaired) electrons. The standard InChI is InChI=1S/C37H30Cl2N2O/c1-23-9-17-35-32(19-23)30-7-4-8-31(30)37(41-35)25-11-15-28(16-12-25)40-21-33-29-6-3-2-5-24(29)13-18-36(33)42-22-26-10-14-27(38)20-34(26)39/h2-7,9-21,30-31,37,41H,8,22H2,1H3/t30-,31-,37+/m1/s1. The molecule has 5 aromatic rings. The van der Waals surface area contributed by atoms with Crippen LogP contribution < -0.4 is 10.1 Å². The second-order valence-electron chi connectivity index (χ2n) is 11.1. The van der Waals surface area contributed by atoms with E-state index in [1.165, 1.54) is 22.4 Å². The number of anilines is 1. The van der Waals surface area contributed by atoms with Crippen molar-refractivity contribution in [3.63, 3.8) is 0 Å². The van der Waals surface area contributed by atoms with Gasteiger partial charge in [0.25, 0.3) is 0 Å². The molecule has 0 saturated heterocycles. The molecule has 1 aliphatic carbocycles. The first-order valence-electron chi connectivity index (χ1n) is 14.3. The molecule has 0 unspecified atom stereocenters. The van der Waals surface area contributed by atoms with E-state index in [2.05, 4.69) is 85.1 Å². The molecule has 0 bridgehead atoms. The number of hydrogen-bond acceptors (Lipinski definition) is 3. The van der Waals surface area contributed by atoms with Gasteiger partial charge < -0.3 is 10.1 Å². The molecule has 1 aliphatic heterocycles. The minimum atomic E-state index is 0.260. The van der Waals surface area contributed by atoms with Gasteiger partial charge in [0.2, 0.25) is 0 Å². The molecule has 0 saturated carbocycles. The maximum absolute atomic E-state index is 6.40. The minimum absolute atomic E-state index is 0.260. The average molecular weight is 590 g/mol. The van der Waals surface area contributed by atoms with Crippen LogP contribution in [0.15, 0.2) is 114 Å². The first kappa shape index (κ1) is 26.8. The lowest BCUT2D eigenvalue weighted by Crippen LogP contribution is -2.29. The Hall–Kier alpha value is -4.05. The summed E-state index contributed by atoms with van der Waals surface area (Å²) in [6.07, 6.45) is 7.72. The molecule has 0 aromatic heterocycles. The number of ether oxygens (including phenoxy) is 1. The van der Waals surface area contributed by atoms with Crippen LogP contribution in [0.2, 0.25) is 10.0 Å². The summed E-state index contributed by atoms with van der Waals surface area (Å²) in [7, 11) is 0. The molecular formula is C37H30Cl2N2O. The molecule has 5 aromatic carbocycles. The SMILES string of the molecule is Cc1ccc2c(c1)[C@@H]1C=CC[C@H]1[C@H](c1ccc(N=Cc3c(OCc4ccc(Cl)cc4Cl)ccc4ccccc34)cc1)N2. The molecule has 3 nitrogen and oxygen atoms in total. The summed E-state index contributed by atoms with van der Waals surface area (Å²) in [5.41, 5.74) is 7.95. The Balaban J connectivity index is 1.15. The summed E-state index contributed by atoms with van der Waals surface area (Å²) < 4.78 is 6.28. The smallest absolute Gasteiger partial charge is 0.129 e. The fraction of sp³-hybridized carbons (Fsp3) is 0.162. The highest BCUT2D eigenvalue weighted by Crippen LogP contribution is 2.50. The van der Waals surface area contributed by atoms with E-state index in [0.717, 1.165) is 39.8 Å². The van der Waals surface area contributed by atoms with Crippen LogP contribution in [0.25, 0.3) is 10.8 Å². The summed E-state index contributed by atoms with van der Waals surface area (Å²) in [5, 5.41) is 7.24. The Kier molecular flexibility index (Phi) is 7.23. The normalized spacial score (nSPS) is 19.1. The van der Waals surface area contributed by atoms with Crippen molar-refractivity contribution in [2.45, 2.75) is 31.9 Å². The van der Waals surface area contributed by atoms with Crippen molar-refractivity contribution in [1.82, 2.24) is 0 Å². The number of rotatable bonds is 6. The third-order valence-electron chi connectivity index (χ3n) is 8.44. The van der Waals surface area contributed by atoms with Crippen LogP contribution >= 0.6 is 23.2 Å². The third kappa shape index (κ3) is 5.19. The van der Waals surface area contributed by atoms with Crippen LogP contribution in [0.1, 0.15) is 46.2 Å². The van der Waals surface area contributed by atoms with E-state index in [0.29, 0.717) is 28.5 Å². The lowest BCUT2D eigenvalue weighted by molar-refractivity contribution is 0.306.